The van der Waals surface area contributed by atoms with Crippen molar-refractivity contribution >= 4 is 23.3 Å². The van der Waals surface area contributed by atoms with Crippen LogP contribution in [0, 0.1) is 23.0 Å². The Bertz CT molecular complexity index is 801. The number of carbonyl (C=O) groups is 2. The SMILES string of the molecule is Cc1ccc(C(=O)N(CC(=O)Nc2ccon2)CC(C)C)cc1[N+](=O)[O-]. The first kappa shape index (κ1) is 19.1. The molecule has 0 saturated heterocycles. The monoisotopic (exact) mass is 360 g/mol. The topological polar surface area (TPSA) is 119 Å². The number of anilines is 1. The minimum absolute atomic E-state index is 0.110. The predicted octanol–water partition coefficient (Wildman–Crippen LogP) is 2.63. The van der Waals surface area contributed by atoms with Gasteiger partial charge in [0.15, 0.2) is 5.82 Å². The highest BCUT2D eigenvalue weighted by Gasteiger charge is 2.23. The summed E-state index contributed by atoms with van der Waals surface area (Å²) >= 11 is 0. The Balaban J connectivity index is 2.20. The van der Waals surface area contributed by atoms with Crippen molar-refractivity contribution in [3.8, 4) is 0 Å². The number of hydrogen-bond acceptors (Lipinski definition) is 6. The fraction of sp³-hybridized carbons (Fsp3) is 0.353. The lowest BCUT2D eigenvalue weighted by Crippen LogP contribution is -2.40. The Morgan fingerprint density at radius 2 is 2.08 bits per heavy atom. The van der Waals surface area contributed by atoms with Crippen LogP contribution in [0.3, 0.4) is 0 Å². The Kier molecular flexibility index (Phi) is 6.05. The van der Waals surface area contributed by atoms with E-state index in [0.717, 1.165) is 0 Å². The number of carbonyl (C=O) groups excluding carboxylic acids is 2. The van der Waals surface area contributed by atoms with Gasteiger partial charge in [0.05, 0.1) is 4.92 Å². The molecule has 0 fully saturated rings. The summed E-state index contributed by atoms with van der Waals surface area (Å²) in [6.07, 6.45) is 1.32. The molecule has 2 rings (SSSR count). The summed E-state index contributed by atoms with van der Waals surface area (Å²) in [4.78, 5) is 36.9. The highest BCUT2D eigenvalue weighted by molar-refractivity contribution is 5.99. The number of aryl methyl sites for hydroxylation is 1. The smallest absolute Gasteiger partial charge is 0.273 e. The highest BCUT2D eigenvalue weighted by atomic mass is 16.6. The molecule has 0 aliphatic heterocycles. The van der Waals surface area contributed by atoms with Crippen LogP contribution in [0.4, 0.5) is 11.5 Å². The molecule has 0 saturated carbocycles. The Hall–Kier alpha value is -3.23. The van der Waals surface area contributed by atoms with Gasteiger partial charge in [-0.15, -0.1) is 0 Å². The quantitative estimate of drug-likeness (QED) is 0.599. The van der Waals surface area contributed by atoms with Crippen molar-refractivity contribution in [3.63, 3.8) is 0 Å². The van der Waals surface area contributed by atoms with E-state index < -0.39 is 16.7 Å². The van der Waals surface area contributed by atoms with Gasteiger partial charge in [-0.1, -0.05) is 25.1 Å². The minimum Gasteiger partial charge on any atom is -0.363 e. The average Bonchev–Trinajstić information content (AvgIpc) is 3.06. The van der Waals surface area contributed by atoms with Crippen molar-refractivity contribution in [1.82, 2.24) is 10.1 Å². The van der Waals surface area contributed by atoms with Crippen molar-refractivity contribution in [2.75, 3.05) is 18.4 Å². The molecule has 1 aromatic heterocycles. The zero-order chi connectivity index (χ0) is 19.3. The first-order valence-electron chi connectivity index (χ1n) is 8.02. The Labute approximate surface area is 150 Å². The number of amides is 2. The van der Waals surface area contributed by atoms with Gasteiger partial charge in [-0.2, -0.15) is 0 Å². The Morgan fingerprint density at radius 1 is 1.35 bits per heavy atom. The molecule has 0 aliphatic carbocycles. The second kappa shape index (κ2) is 8.24. The third-order valence-corrected chi connectivity index (χ3v) is 3.57. The number of benzene rings is 1. The van der Waals surface area contributed by atoms with Crippen LogP contribution in [-0.4, -0.2) is 39.9 Å². The lowest BCUT2D eigenvalue weighted by molar-refractivity contribution is -0.385. The van der Waals surface area contributed by atoms with Crippen LogP contribution in [0.1, 0.15) is 29.8 Å². The largest absolute Gasteiger partial charge is 0.363 e. The molecule has 0 aliphatic rings. The Morgan fingerprint density at radius 3 is 2.65 bits per heavy atom. The van der Waals surface area contributed by atoms with E-state index in [2.05, 4.69) is 15.0 Å². The number of rotatable bonds is 7. The normalized spacial score (nSPS) is 10.6. The third kappa shape index (κ3) is 4.88. The lowest BCUT2D eigenvalue weighted by atomic mass is 10.1. The predicted molar refractivity (Wildman–Crippen MR) is 93.7 cm³/mol. The van der Waals surface area contributed by atoms with Crippen molar-refractivity contribution < 1.29 is 19.0 Å². The molecule has 2 aromatic rings. The van der Waals surface area contributed by atoms with Crippen LogP contribution < -0.4 is 5.32 Å². The second-order valence-electron chi connectivity index (χ2n) is 6.27. The molecule has 0 radical (unpaired) electrons. The standard InChI is InChI=1S/C17H20N4O5/c1-11(2)9-20(10-16(22)18-15-6-7-26-19-15)17(23)13-5-4-12(3)14(8-13)21(24)25/h4-8,11H,9-10H2,1-3H3,(H,18,19,22). The number of nitrogens with zero attached hydrogens (tertiary/aromatic N) is 3. The summed E-state index contributed by atoms with van der Waals surface area (Å²) in [5.41, 5.74) is 0.496. The summed E-state index contributed by atoms with van der Waals surface area (Å²) in [6.45, 7) is 5.54. The molecular formula is C17H20N4O5. The lowest BCUT2D eigenvalue weighted by Gasteiger charge is -2.24. The van der Waals surface area contributed by atoms with Gasteiger partial charge in [0.2, 0.25) is 5.91 Å². The van der Waals surface area contributed by atoms with E-state index in [-0.39, 0.29) is 29.5 Å². The van der Waals surface area contributed by atoms with Gasteiger partial charge in [0.1, 0.15) is 12.8 Å². The first-order chi connectivity index (χ1) is 12.3. The highest BCUT2D eigenvalue weighted by Crippen LogP contribution is 2.20. The van der Waals surface area contributed by atoms with E-state index in [1.54, 1.807) is 6.92 Å². The molecule has 1 N–H and O–H groups in total. The zero-order valence-electron chi connectivity index (χ0n) is 14.8. The average molecular weight is 360 g/mol. The van der Waals surface area contributed by atoms with Gasteiger partial charge < -0.3 is 14.7 Å². The summed E-state index contributed by atoms with van der Waals surface area (Å²) in [6, 6.07) is 5.76. The minimum atomic E-state index is -0.532. The van der Waals surface area contributed by atoms with Gasteiger partial charge in [0, 0.05) is 29.8 Å². The number of hydrogen-bond donors (Lipinski definition) is 1. The zero-order valence-corrected chi connectivity index (χ0v) is 14.8. The molecule has 9 nitrogen and oxygen atoms in total. The van der Waals surface area contributed by atoms with E-state index in [0.29, 0.717) is 12.1 Å². The summed E-state index contributed by atoms with van der Waals surface area (Å²) < 4.78 is 4.64. The number of nitro benzene ring substituents is 1. The molecule has 0 bridgehead atoms. The van der Waals surface area contributed by atoms with Gasteiger partial charge in [-0.25, -0.2) is 0 Å². The fourth-order valence-electron chi connectivity index (χ4n) is 2.41. The van der Waals surface area contributed by atoms with Crippen LogP contribution in [0.2, 0.25) is 0 Å². The van der Waals surface area contributed by atoms with Crippen molar-refractivity contribution in [2.45, 2.75) is 20.8 Å². The number of nitrogens with one attached hydrogen (secondary N) is 1. The van der Waals surface area contributed by atoms with Crippen molar-refractivity contribution in [3.05, 3.63) is 51.8 Å². The van der Waals surface area contributed by atoms with Crippen molar-refractivity contribution in [2.24, 2.45) is 5.92 Å². The van der Waals surface area contributed by atoms with Gasteiger partial charge in [-0.3, -0.25) is 19.7 Å². The van der Waals surface area contributed by atoms with Gasteiger partial charge in [-0.05, 0) is 18.9 Å². The van der Waals surface area contributed by atoms with Crippen LogP contribution in [0.15, 0.2) is 35.1 Å². The third-order valence-electron chi connectivity index (χ3n) is 3.57. The number of nitro groups is 1. The molecule has 1 aromatic carbocycles. The van der Waals surface area contributed by atoms with Crippen LogP contribution >= 0.6 is 0 Å². The van der Waals surface area contributed by atoms with Crippen LogP contribution in [0.25, 0.3) is 0 Å². The summed E-state index contributed by atoms with van der Waals surface area (Å²) in [5, 5.41) is 17.2. The molecule has 1 heterocycles. The van der Waals surface area contributed by atoms with Crippen molar-refractivity contribution in [1.29, 1.82) is 0 Å². The maximum absolute atomic E-state index is 12.8. The molecule has 0 spiro atoms. The maximum atomic E-state index is 12.8. The molecule has 0 unspecified atom stereocenters. The van der Waals surface area contributed by atoms with Gasteiger partial charge >= 0.3 is 0 Å². The molecule has 2 amide bonds. The molecular weight excluding hydrogens is 340 g/mol. The molecule has 26 heavy (non-hydrogen) atoms. The van der Waals surface area contributed by atoms with E-state index in [4.69, 9.17) is 0 Å². The van der Waals surface area contributed by atoms with E-state index in [1.165, 1.54) is 35.4 Å². The maximum Gasteiger partial charge on any atom is 0.273 e. The van der Waals surface area contributed by atoms with E-state index in [1.807, 2.05) is 13.8 Å². The number of aromatic nitrogens is 1. The van der Waals surface area contributed by atoms with Crippen LogP contribution in [-0.2, 0) is 4.79 Å². The molecule has 138 valence electrons. The first-order valence-corrected chi connectivity index (χ1v) is 8.02. The fourth-order valence-corrected chi connectivity index (χ4v) is 2.41. The summed E-state index contributed by atoms with van der Waals surface area (Å²) in [7, 11) is 0. The van der Waals surface area contributed by atoms with Crippen LogP contribution in [0.5, 0.6) is 0 Å². The molecule has 0 atom stereocenters. The summed E-state index contributed by atoms with van der Waals surface area (Å²) in [5.74, 6) is -0.524. The van der Waals surface area contributed by atoms with E-state index >= 15 is 0 Å². The second-order valence-corrected chi connectivity index (χ2v) is 6.27. The molecule has 9 heteroatoms. The van der Waals surface area contributed by atoms with E-state index in [9.17, 15) is 19.7 Å². The van der Waals surface area contributed by atoms with Gasteiger partial charge in [0.25, 0.3) is 11.6 Å².